The Morgan fingerprint density at radius 1 is 1.05 bits per heavy atom. The number of alkyl halides is 1. The fourth-order valence-electron chi connectivity index (χ4n) is 2.57. The highest BCUT2D eigenvalue weighted by atomic mass is 35.5. The molecule has 4 heteroatoms. The summed E-state index contributed by atoms with van der Waals surface area (Å²) >= 11 is 17.8. The van der Waals surface area contributed by atoms with E-state index < -0.39 is 0 Å². The van der Waals surface area contributed by atoms with Crippen molar-refractivity contribution in [2.75, 3.05) is 5.88 Å². The van der Waals surface area contributed by atoms with E-state index in [-0.39, 0.29) is 11.7 Å². The van der Waals surface area contributed by atoms with Crippen LogP contribution in [0.2, 0.25) is 10.0 Å². The molecule has 0 bridgehead atoms. The van der Waals surface area contributed by atoms with Crippen LogP contribution in [0.4, 0.5) is 0 Å². The number of fused-ring (bicyclic) bond motifs is 3. The second kappa shape index (κ2) is 4.82. The summed E-state index contributed by atoms with van der Waals surface area (Å²) in [6, 6.07) is 9.30. The minimum atomic E-state index is -0.108. The van der Waals surface area contributed by atoms with E-state index in [2.05, 4.69) is 0 Å². The molecular formula is C15H9Cl3O. The fraction of sp³-hybridized carbons (Fsp3) is 0.133. The van der Waals surface area contributed by atoms with E-state index in [1.807, 2.05) is 24.3 Å². The summed E-state index contributed by atoms with van der Waals surface area (Å²) < 4.78 is 0. The molecule has 0 heterocycles. The monoisotopic (exact) mass is 310 g/mol. The first-order valence-corrected chi connectivity index (χ1v) is 7.09. The molecule has 0 spiro atoms. The van der Waals surface area contributed by atoms with Crippen molar-refractivity contribution in [1.29, 1.82) is 0 Å². The van der Waals surface area contributed by atoms with Crippen LogP contribution in [0.5, 0.6) is 0 Å². The Hall–Kier alpha value is -1.02. The molecule has 1 aliphatic rings. The van der Waals surface area contributed by atoms with Crippen LogP contribution in [0.15, 0.2) is 30.3 Å². The van der Waals surface area contributed by atoms with Gasteiger partial charge in [0.2, 0.25) is 0 Å². The van der Waals surface area contributed by atoms with Gasteiger partial charge in [-0.1, -0.05) is 29.3 Å². The largest absolute Gasteiger partial charge is 0.293 e. The van der Waals surface area contributed by atoms with Gasteiger partial charge in [-0.2, -0.15) is 0 Å². The van der Waals surface area contributed by atoms with Gasteiger partial charge in [0.15, 0.2) is 5.78 Å². The summed E-state index contributed by atoms with van der Waals surface area (Å²) in [6.07, 6.45) is 0.744. The first-order chi connectivity index (χ1) is 9.10. The van der Waals surface area contributed by atoms with Crippen LogP contribution in [0.3, 0.4) is 0 Å². The molecule has 0 atom stereocenters. The Kier molecular flexibility index (Phi) is 3.30. The number of hydrogen-bond donors (Lipinski definition) is 0. The van der Waals surface area contributed by atoms with Crippen molar-refractivity contribution in [3.8, 4) is 11.1 Å². The van der Waals surface area contributed by atoms with E-state index in [0.29, 0.717) is 15.6 Å². The number of carbonyl (C=O) groups excluding carboxylic acids is 1. The van der Waals surface area contributed by atoms with Gasteiger partial charge in [0, 0.05) is 15.6 Å². The van der Waals surface area contributed by atoms with Gasteiger partial charge in [0.1, 0.15) is 0 Å². The quantitative estimate of drug-likeness (QED) is 0.481. The fourth-order valence-corrected chi connectivity index (χ4v) is 3.15. The van der Waals surface area contributed by atoms with Crippen LogP contribution in [-0.2, 0) is 6.42 Å². The Labute approximate surface area is 126 Å². The number of carbonyl (C=O) groups is 1. The molecular weight excluding hydrogens is 303 g/mol. The predicted molar refractivity (Wildman–Crippen MR) is 79.8 cm³/mol. The van der Waals surface area contributed by atoms with E-state index in [4.69, 9.17) is 34.8 Å². The third kappa shape index (κ3) is 2.16. The van der Waals surface area contributed by atoms with Crippen molar-refractivity contribution < 1.29 is 4.79 Å². The van der Waals surface area contributed by atoms with Crippen LogP contribution in [0, 0.1) is 0 Å². The first kappa shape index (κ1) is 13.0. The zero-order chi connectivity index (χ0) is 13.6. The Balaban J connectivity index is 2.27. The number of Topliss-reactive ketones (excluding diaryl/α,β-unsaturated/α-hetero) is 1. The third-order valence-corrected chi connectivity index (χ3v) is 4.02. The SMILES string of the molecule is O=C(CCl)c1cc(Cl)cc2c1-c1ccc(Cl)cc1C2. The lowest BCUT2D eigenvalue weighted by Crippen LogP contribution is -2.03. The average Bonchev–Trinajstić information content (AvgIpc) is 2.73. The first-order valence-electron chi connectivity index (χ1n) is 5.80. The summed E-state index contributed by atoms with van der Waals surface area (Å²) in [4.78, 5) is 12.0. The summed E-state index contributed by atoms with van der Waals surface area (Å²) in [5, 5.41) is 1.26. The van der Waals surface area contributed by atoms with Crippen LogP contribution >= 0.6 is 34.8 Å². The van der Waals surface area contributed by atoms with Gasteiger partial charge in [0.05, 0.1) is 5.88 Å². The molecule has 2 aromatic carbocycles. The molecule has 0 saturated heterocycles. The van der Waals surface area contributed by atoms with Crippen molar-refractivity contribution >= 4 is 40.6 Å². The molecule has 1 aliphatic carbocycles. The highest BCUT2D eigenvalue weighted by Crippen LogP contribution is 2.41. The van der Waals surface area contributed by atoms with Crippen molar-refractivity contribution in [1.82, 2.24) is 0 Å². The predicted octanol–water partition coefficient (Wildman–Crippen LogP) is 4.99. The van der Waals surface area contributed by atoms with Crippen molar-refractivity contribution in [2.24, 2.45) is 0 Å². The molecule has 2 aromatic rings. The zero-order valence-corrected chi connectivity index (χ0v) is 12.1. The van der Waals surface area contributed by atoms with E-state index >= 15 is 0 Å². The minimum Gasteiger partial charge on any atom is -0.293 e. The maximum Gasteiger partial charge on any atom is 0.178 e. The van der Waals surface area contributed by atoms with Gasteiger partial charge in [-0.05, 0) is 52.9 Å². The maximum atomic E-state index is 12.0. The molecule has 0 N–H and O–H groups in total. The minimum absolute atomic E-state index is 0.0459. The lowest BCUT2D eigenvalue weighted by molar-refractivity contribution is 0.102. The molecule has 0 aromatic heterocycles. The Bertz CT molecular complexity index is 692. The topological polar surface area (TPSA) is 17.1 Å². The van der Waals surface area contributed by atoms with Gasteiger partial charge >= 0.3 is 0 Å². The summed E-state index contributed by atoms with van der Waals surface area (Å²) in [5.74, 6) is -0.154. The van der Waals surface area contributed by atoms with Crippen LogP contribution in [0.1, 0.15) is 21.5 Å². The van der Waals surface area contributed by atoms with E-state index in [1.165, 1.54) is 0 Å². The molecule has 0 aliphatic heterocycles. The highest BCUT2D eigenvalue weighted by Gasteiger charge is 2.24. The molecule has 1 nitrogen and oxygen atoms in total. The van der Waals surface area contributed by atoms with Gasteiger partial charge in [0.25, 0.3) is 0 Å². The van der Waals surface area contributed by atoms with Crippen LogP contribution in [0.25, 0.3) is 11.1 Å². The molecule has 0 saturated carbocycles. The highest BCUT2D eigenvalue weighted by molar-refractivity contribution is 6.34. The summed E-state index contributed by atoms with van der Waals surface area (Å²) in [7, 11) is 0. The number of hydrogen-bond acceptors (Lipinski definition) is 1. The van der Waals surface area contributed by atoms with Crippen molar-refractivity contribution in [3.63, 3.8) is 0 Å². The number of halogens is 3. The molecule has 0 fully saturated rings. The van der Waals surface area contributed by atoms with Crippen molar-refractivity contribution in [2.45, 2.75) is 6.42 Å². The number of ketones is 1. The average molecular weight is 312 g/mol. The van der Waals surface area contributed by atoms with E-state index in [0.717, 1.165) is 28.7 Å². The van der Waals surface area contributed by atoms with Crippen molar-refractivity contribution in [3.05, 3.63) is 57.1 Å². The molecule has 0 amide bonds. The number of benzene rings is 2. The number of rotatable bonds is 2. The smallest absolute Gasteiger partial charge is 0.178 e. The molecule has 96 valence electrons. The lowest BCUT2D eigenvalue weighted by Gasteiger charge is -2.08. The Morgan fingerprint density at radius 2 is 1.79 bits per heavy atom. The maximum absolute atomic E-state index is 12.0. The second-order valence-corrected chi connectivity index (χ2v) is 5.66. The Morgan fingerprint density at radius 3 is 2.53 bits per heavy atom. The molecule has 3 rings (SSSR count). The van der Waals surface area contributed by atoms with Crippen LogP contribution in [-0.4, -0.2) is 11.7 Å². The van der Waals surface area contributed by atoms with E-state index in [1.54, 1.807) is 6.07 Å². The third-order valence-electron chi connectivity index (χ3n) is 3.32. The van der Waals surface area contributed by atoms with Gasteiger partial charge in [-0.15, -0.1) is 11.6 Å². The second-order valence-electron chi connectivity index (χ2n) is 4.52. The molecule has 0 unspecified atom stereocenters. The van der Waals surface area contributed by atoms with Gasteiger partial charge in [-0.25, -0.2) is 0 Å². The van der Waals surface area contributed by atoms with Crippen LogP contribution < -0.4 is 0 Å². The summed E-state index contributed by atoms with van der Waals surface area (Å²) in [6.45, 7) is 0. The normalized spacial score (nSPS) is 12.2. The zero-order valence-electron chi connectivity index (χ0n) is 9.84. The molecule has 0 radical (unpaired) electrons. The van der Waals surface area contributed by atoms with E-state index in [9.17, 15) is 4.79 Å². The van der Waals surface area contributed by atoms with Gasteiger partial charge in [-0.3, -0.25) is 4.79 Å². The summed E-state index contributed by atoms with van der Waals surface area (Å²) in [5.41, 5.74) is 4.76. The van der Waals surface area contributed by atoms with Gasteiger partial charge < -0.3 is 0 Å². The lowest BCUT2D eigenvalue weighted by atomic mass is 9.97. The molecule has 19 heavy (non-hydrogen) atoms. The standard InChI is InChI=1S/C15H9Cl3O/c16-7-14(19)13-6-11(18)5-9-3-8-4-10(17)1-2-12(8)15(9)13/h1-2,4-6H,3,7H2.